The molecule has 1 rings (SSSR count). The number of aryl methyl sites for hydroxylation is 1. The average molecular weight is 578 g/mol. The summed E-state index contributed by atoms with van der Waals surface area (Å²) in [7, 11) is 0. The van der Waals surface area contributed by atoms with Crippen LogP contribution in [-0.2, 0) is 15.9 Å². The quantitative estimate of drug-likeness (QED) is 0.0798. The van der Waals surface area contributed by atoms with Gasteiger partial charge in [0.25, 0.3) is 0 Å². The summed E-state index contributed by atoms with van der Waals surface area (Å²) in [4.78, 5) is 22.7. The van der Waals surface area contributed by atoms with Crippen molar-refractivity contribution in [1.82, 2.24) is 0 Å². The van der Waals surface area contributed by atoms with Crippen molar-refractivity contribution in [3.8, 4) is 5.75 Å². The van der Waals surface area contributed by atoms with Crippen LogP contribution in [0.25, 0.3) is 0 Å². The first kappa shape index (κ1) is 36.6. The largest absolute Gasteiger partial charge is 0.505 e. The highest BCUT2D eigenvalue weighted by Gasteiger charge is 2.13. The van der Waals surface area contributed by atoms with Crippen LogP contribution >= 0.6 is 0 Å². The number of nitrogens with one attached hydrogen (secondary N) is 1. The van der Waals surface area contributed by atoms with Crippen molar-refractivity contribution in [2.45, 2.75) is 149 Å². The van der Waals surface area contributed by atoms with E-state index in [0.29, 0.717) is 25.5 Å². The van der Waals surface area contributed by atoms with Gasteiger partial charge in [-0.15, -0.1) is 0 Å². The highest BCUT2D eigenvalue weighted by atomic mass is 16.7. The van der Waals surface area contributed by atoms with E-state index in [1.807, 2.05) is 19.1 Å². The van der Waals surface area contributed by atoms with Crippen molar-refractivity contribution in [2.24, 2.45) is 0 Å². The maximum absolute atomic E-state index is 12.4. The second kappa shape index (κ2) is 26.5. The predicted molar refractivity (Wildman–Crippen MR) is 168 cm³/mol. The minimum Gasteiger partial charge on any atom is -0.491 e. The summed E-state index contributed by atoms with van der Waals surface area (Å²) >= 11 is 0. The van der Waals surface area contributed by atoms with Crippen molar-refractivity contribution in [2.75, 3.05) is 25.1 Å². The Morgan fingerprint density at radius 3 is 1.66 bits per heavy atom. The normalized spacial score (nSPS) is 10.9. The molecule has 0 aliphatic rings. The van der Waals surface area contributed by atoms with Gasteiger partial charge in [-0.3, -0.25) is 5.32 Å². The van der Waals surface area contributed by atoms with Gasteiger partial charge in [0.05, 0.1) is 25.5 Å². The van der Waals surface area contributed by atoms with Crippen LogP contribution in [0.15, 0.2) is 18.2 Å². The number of carbonyl (C=O) groups excluding carboxylic acids is 1. The van der Waals surface area contributed by atoms with E-state index in [-0.39, 0.29) is 0 Å². The van der Waals surface area contributed by atoms with Gasteiger partial charge in [0.2, 0.25) is 0 Å². The Morgan fingerprint density at radius 1 is 0.659 bits per heavy atom. The minimum absolute atomic E-state index is 0.308. The Morgan fingerprint density at radius 2 is 1.15 bits per heavy atom. The van der Waals surface area contributed by atoms with Crippen molar-refractivity contribution < 1.29 is 28.9 Å². The number of anilines is 1. The third-order valence-corrected chi connectivity index (χ3v) is 7.42. The first-order valence-corrected chi connectivity index (χ1v) is 16.6. The molecule has 0 saturated heterocycles. The van der Waals surface area contributed by atoms with E-state index in [1.54, 1.807) is 0 Å². The number of hydrogen-bond donors (Lipinski definition) is 2. The molecule has 7 heteroatoms. The third kappa shape index (κ3) is 21.0. The maximum atomic E-state index is 12.4. The van der Waals surface area contributed by atoms with Crippen LogP contribution in [0.2, 0.25) is 0 Å². The van der Waals surface area contributed by atoms with Crippen molar-refractivity contribution in [3.05, 3.63) is 23.8 Å². The fraction of sp³-hybridized carbons (Fsp3) is 0.765. The van der Waals surface area contributed by atoms with Crippen LogP contribution in [0.5, 0.6) is 5.75 Å². The topological polar surface area (TPSA) is 94.1 Å². The Hall–Kier alpha value is -2.44. The minimum atomic E-state index is -1.18. The van der Waals surface area contributed by atoms with Crippen molar-refractivity contribution in [1.29, 1.82) is 0 Å². The molecule has 1 aromatic carbocycles. The lowest BCUT2D eigenvalue weighted by atomic mass is 10.0. The highest BCUT2D eigenvalue weighted by Crippen LogP contribution is 2.31. The van der Waals surface area contributed by atoms with Gasteiger partial charge in [-0.25, -0.2) is 9.59 Å². The molecule has 2 N–H and O–H groups in total. The Kier molecular flexibility index (Phi) is 23.6. The molecular formula is C34H59NO6. The second-order valence-electron chi connectivity index (χ2n) is 11.1. The molecule has 0 aromatic heterocycles. The summed E-state index contributed by atoms with van der Waals surface area (Å²) in [5, 5.41) is 11.4. The van der Waals surface area contributed by atoms with Crippen molar-refractivity contribution in [3.63, 3.8) is 0 Å². The van der Waals surface area contributed by atoms with E-state index in [2.05, 4.69) is 23.0 Å². The maximum Gasteiger partial charge on any atom is 0.505 e. The number of para-hydroxylation sites is 1. The zero-order valence-electron chi connectivity index (χ0n) is 26.2. The number of ether oxygens (including phenoxy) is 3. The van der Waals surface area contributed by atoms with E-state index in [9.17, 15) is 9.59 Å². The third-order valence-electron chi connectivity index (χ3n) is 7.42. The van der Waals surface area contributed by atoms with Gasteiger partial charge in [-0.05, 0) is 44.2 Å². The number of rotatable bonds is 27. The SMILES string of the molecule is CCCCCCCCCCCCOC(=O)Nc1cccc(CCCCCCCCCCCCOC(=O)O)c1OCC. The lowest BCUT2D eigenvalue weighted by molar-refractivity contribution is 0.0899. The molecule has 0 heterocycles. The molecule has 0 radical (unpaired) electrons. The number of amides is 1. The monoisotopic (exact) mass is 577 g/mol. The lowest BCUT2D eigenvalue weighted by Crippen LogP contribution is -2.15. The zero-order chi connectivity index (χ0) is 29.8. The van der Waals surface area contributed by atoms with Gasteiger partial charge in [-0.2, -0.15) is 0 Å². The van der Waals surface area contributed by atoms with E-state index >= 15 is 0 Å². The molecule has 0 unspecified atom stereocenters. The van der Waals surface area contributed by atoms with Gasteiger partial charge in [0, 0.05) is 0 Å². The summed E-state index contributed by atoms with van der Waals surface area (Å²) < 4.78 is 15.9. The first-order valence-electron chi connectivity index (χ1n) is 16.6. The predicted octanol–water partition coefficient (Wildman–Crippen LogP) is 10.7. The van der Waals surface area contributed by atoms with E-state index < -0.39 is 12.2 Å². The number of carboxylic acid groups (broad SMARTS) is 1. The highest BCUT2D eigenvalue weighted by molar-refractivity contribution is 5.87. The lowest BCUT2D eigenvalue weighted by Gasteiger charge is -2.16. The van der Waals surface area contributed by atoms with Gasteiger partial charge in [-0.1, -0.05) is 128 Å². The van der Waals surface area contributed by atoms with Gasteiger partial charge >= 0.3 is 12.2 Å². The summed E-state index contributed by atoms with van der Waals surface area (Å²) in [6.07, 6.45) is 23.3. The molecular weight excluding hydrogens is 518 g/mol. The fourth-order valence-electron chi connectivity index (χ4n) is 5.09. The number of benzene rings is 1. The van der Waals surface area contributed by atoms with E-state index in [1.165, 1.54) is 89.9 Å². The van der Waals surface area contributed by atoms with Gasteiger partial charge in [0.1, 0.15) is 5.75 Å². The summed E-state index contributed by atoms with van der Waals surface area (Å²) in [5.41, 5.74) is 1.82. The molecule has 0 fully saturated rings. The molecule has 236 valence electrons. The molecule has 0 aliphatic heterocycles. The molecule has 0 bridgehead atoms. The molecule has 0 atom stereocenters. The summed E-state index contributed by atoms with van der Waals surface area (Å²) in [5.74, 6) is 0.764. The zero-order valence-corrected chi connectivity index (χ0v) is 26.2. The van der Waals surface area contributed by atoms with Crippen LogP contribution < -0.4 is 10.1 Å². The van der Waals surface area contributed by atoms with Crippen LogP contribution in [0.3, 0.4) is 0 Å². The number of unbranched alkanes of at least 4 members (excludes halogenated alkanes) is 18. The molecule has 41 heavy (non-hydrogen) atoms. The van der Waals surface area contributed by atoms with E-state index in [0.717, 1.165) is 56.3 Å². The first-order chi connectivity index (χ1) is 20.1. The average Bonchev–Trinajstić information content (AvgIpc) is 2.95. The number of hydrogen-bond acceptors (Lipinski definition) is 5. The van der Waals surface area contributed by atoms with Crippen LogP contribution in [0.4, 0.5) is 15.3 Å². The molecule has 0 spiro atoms. The van der Waals surface area contributed by atoms with Crippen LogP contribution in [0.1, 0.15) is 148 Å². The second-order valence-corrected chi connectivity index (χ2v) is 11.1. The summed E-state index contributed by atoms with van der Waals surface area (Å²) in [6.45, 7) is 5.53. The molecule has 0 saturated carbocycles. The smallest absolute Gasteiger partial charge is 0.491 e. The Bertz CT molecular complexity index is 784. The van der Waals surface area contributed by atoms with E-state index in [4.69, 9.17) is 14.6 Å². The fourth-order valence-corrected chi connectivity index (χ4v) is 5.09. The molecule has 7 nitrogen and oxygen atoms in total. The molecule has 1 aromatic rings. The number of carbonyl (C=O) groups is 2. The molecule has 1 amide bonds. The van der Waals surface area contributed by atoms with Gasteiger partial charge in [0.15, 0.2) is 0 Å². The van der Waals surface area contributed by atoms with Crippen LogP contribution in [-0.4, -0.2) is 37.2 Å². The van der Waals surface area contributed by atoms with Crippen LogP contribution in [0, 0.1) is 0 Å². The van der Waals surface area contributed by atoms with Crippen molar-refractivity contribution >= 4 is 17.9 Å². The Balaban J connectivity index is 2.19. The molecule has 0 aliphatic carbocycles. The summed E-state index contributed by atoms with van der Waals surface area (Å²) in [6, 6.07) is 5.95. The standard InChI is InChI=1S/C34H59NO6/c1-3-5-6-7-8-9-13-16-19-22-28-40-33(36)35-31-27-24-26-30(32(31)39-4-2)25-21-18-15-12-10-11-14-17-20-23-29-41-34(37)38/h24,26-27H,3-23,25,28-29H2,1-2H3,(H,35,36)(H,37,38). The Labute approximate surface area is 250 Å². The van der Waals surface area contributed by atoms with Gasteiger partial charge < -0.3 is 19.3 Å².